The molecule has 1 atom stereocenters. The zero-order valence-corrected chi connectivity index (χ0v) is 11.3. The number of non-ortho nitro benzene ring substituents is 1. The van der Waals surface area contributed by atoms with Gasteiger partial charge in [-0.1, -0.05) is 13.8 Å². The highest BCUT2D eigenvalue weighted by atomic mass is 16.6. The van der Waals surface area contributed by atoms with Crippen LogP contribution >= 0.6 is 0 Å². The summed E-state index contributed by atoms with van der Waals surface area (Å²) in [4.78, 5) is 21.9. The van der Waals surface area contributed by atoms with Crippen LogP contribution in [0.4, 0.5) is 11.4 Å². The third-order valence-corrected chi connectivity index (χ3v) is 2.61. The van der Waals surface area contributed by atoms with E-state index in [1.807, 2.05) is 13.8 Å². The van der Waals surface area contributed by atoms with Crippen molar-refractivity contribution < 1.29 is 14.5 Å². The van der Waals surface area contributed by atoms with Gasteiger partial charge in [-0.05, 0) is 25.0 Å². The van der Waals surface area contributed by atoms with Gasteiger partial charge in [0.15, 0.2) is 0 Å². The van der Waals surface area contributed by atoms with Crippen molar-refractivity contribution in [2.75, 3.05) is 11.9 Å². The molecule has 6 nitrogen and oxygen atoms in total. The Morgan fingerprint density at radius 1 is 1.37 bits per heavy atom. The molecule has 1 unspecified atom stereocenters. The number of benzene rings is 1. The molecule has 0 aromatic heterocycles. The van der Waals surface area contributed by atoms with Gasteiger partial charge >= 0.3 is 5.97 Å². The van der Waals surface area contributed by atoms with Crippen LogP contribution in [0, 0.1) is 16.0 Å². The molecule has 19 heavy (non-hydrogen) atoms. The number of nitro groups is 1. The molecule has 1 rings (SSSR count). The molecule has 0 saturated carbocycles. The van der Waals surface area contributed by atoms with E-state index in [4.69, 9.17) is 4.74 Å². The number of nitro benzene ring substituents is 1. The van der Waals surface area contributed by atoms with E-state index in [1.165, 1.54) is 12.1 Å². The lowest BCUT2D eigenvalue weighted by Gasteiger charge is -2.21. The summed E-state index contributed by atoms with van der Waals surface area (Å²) in [5, 5.41) is 13.6. The van der Waals surface area contributed by atoms with E-state index in [2.05, 4.69) is 5.32 Å². The van der Waals surface area contributed by atoms with Gasteiger partial charge in [0, 0.05) is 17.8 Å². The van der Waals surface area contributed by atoms with E-state index in [0.717, 1.165) is 0 Å². The van der Waals surface area contributed by atoms with Gasteiger partial charge in [0.1, 0.15) is 6.04 Å². The van der Waals surface area contributed by atoms with Crippen molar-refractivity contribution in [1.29, 1.82) is 0 Å². The molecule has 0 bridgehead atoms. The zero-order chi connectivity index (χ0) is 14.4. The highest BCUT2D eigenvalue weighted by molar-refractivity contribution is 5.79. The van der Waals surface area contributed by atoms with Crippen molar-refractivity contribution in [2.45, 2.75) is 26.8 Å². The van der Waals surface area contributed by atoms with Crippen molar-refractivity contribution in [3.8, 4) is 0 Å². The molecule has 6 heteroatoms. The molecule has 1 N–H and O–H groups in total. The fourth-order valence-corrected chi connectivity index (χ4v) is 1.59. The lowest BCUT2D eigenvalue weighted by Crippen LogP contribution is -2.36. The van der Waals surface area contributed by atoms with Gasteiger partial charge in [-0.2, -0.15) is 0 Å². The number of hydrogen-bond acceptors (Lipinski definition) is 5. The Kier molecular flexibility index (Phi) is 5.29. The molecular weight excluding hydrogens is 248 g/mol. The number of carbonyl (C=O) groups excluding carboxylic acids is 1. The van der Waals surface area contributed by atoms with Gasteiger partial charge in [-0.25, -0.2) is 4.79 Å². The van der Waals surface area contributed by atoms with Crippen LogP contribution in [0.5, 0.6) is 0 Å². The third-order valence-electron chi connectivity index (χ3n) is 2.61. The first kappa shape index (κ1) is 14.9. The van der Waals surface area contributed by atoms with Gasteiger partial charge in [0.25, 0.3) is 5.69 Å². The second-order valence-corrected chi connectivity index (χ2v) is 4.42. The van der Waals surface area contributed by atoms with E-state index in [1.54, 1.807) is 19.1 Å². The van der Waals surface area contributed by atoms with E-state index in [9.17, 15) is 14.9 Å². The number of rotatable bonds is 6. The largest absolute Gasteiger partial charge is 0.464 e. The van der Waals surface area contributed by atoms with Crippen molar-refractivity contribution in [3.63, 3.8) is 0 Å². The van der Waals surface area contributed by atoms with Gasteiger partial charge in [0.05, 0.1) is 11.5 Å². The summed E-state index contributed by atoms with van der Waals surface area (Å²) in [7, 11) is 0. The summed E-state index contributed by atoms with van der Waals surface area (Å²) in [5.74, 6) is -0.273. The number of esters is 1. The third kappa shape index (κ3) is 4.24. The second kappa shape index (κ2) is 6.72. The molecular formula is C13H18N2O4. The quantitative estimate of drug-likeness (QED) is 0.486. The molecule has 1 aromatic rings. The smallest absolute Gasteiger partial charge is 0.328 e. The predicted octanol–water partition coefficient (Wildman–Crippen LogP) is 2.59. The lowest BCUT2D eigenvalue weighted by molar-refractivity contribution is -0.384. The van der Waals surface area contributed by atoms with E-state index in [-0.39, 0.29) is 17.6 Å². The zero-order valence-electron chi connectivity index (χ0n) is 11.3. The van der Waals surface area contributed by atoms with Crippen LogP contribution in [-0.2, 0) is 9.53 Å². The van der Waals surface area contributed by atoms with Crippen LogP contribution in [0.2, 0.25) is 0 Å². The molecule has 0 heterocycles. The number of nitrogens with one attached hydrogen (secondary N) is 1. The van der Waals surface area contributed by atoms with Crippen LogP contribution in [0.25, 0.3) is 0 Å². The van der Waals surface area contributed by atoms with Gasteiger partial charge in [-0.15, -0.1) is 0 Å². The van der Waals surface area contributed by atoms with Crippen molar-refractivity contribution >= 4 is 17.3 Å². The average Bonchev–Trinajstić information content (AvgIpc) is 2.36. The fourth-order valence-electron chi connectivity index (χ4n) is 1.59. The number of carbonyl (C=O) groups is 1. The lowest BCUT2D eigenvalue weighted by atomic mass is 10.0. The minimum Gasteiger partial charge on any atom is -0.464 e. The Balaban J connectivity index is 2.79. The maximum absolute atomic E-state index is 11.8. The molecule has 0 aliphatic heterocycles. The molecule has 104 valence electrons. The van der Waals surface area contributed by atoms with Crippen molar-refractivity contribution in [1.82, 2.24) is 0 Å². The van der Waals surface area contributed by atoms with Crippen LogP contribution < -0.4 is 5.32 Å². The minimum absolute atomic E-state index is 0.0165. The summed E-state index contributed by atoms with van der Waals surface area (Å²) in [6.07, 6.45) is 0. The molecule has 0 aliphatic rings. The van der Waals surface area contributed by atoms with Gasteiger partial charge in [0.2, 0.25) is 0 Å². The maximum atomic E-state index is 11.8. The van der Waals surface area contributed by atoms with Crippen molar-refractivity contribution in [3.05, 3.63) is 34.4 Å². The molecule has 0 aliphatic carbocycles. The average molecular weight is 266 g/mol. The number of nitrogens with zero attached hydrogens (tertiary/aromatic N) is 1. The Labute approximate surface area is 111 Å². The first-order valence-electron chi connectivity index (χ1n) is 6.13. The Bertz CT molecular complexity index is 442. The molecule has 0 amide bonds. The summed E-state index contributed by atoms with van der Waals surface area (Å²) >= 11 is 0. The number of hydrogen-bond donors (Lipinski definition) is 1. The van der Waals surface area contributed by atoms with Gasteiger partial charge < -0.3 is 10.1 Å². The number of anilines is 1. The summed E-state index contributed by atoms with van der Waals surface area (Å²) in [6, 6.07) is 5.47. The van der Waals surface area contributed by atoms with Crippen LogP contribution in [0.3, 0.4) is 0 Å². The van der Waals surface area contributed by atoms with E-state index in [0.29, 0.717) is 12.3 Å². The van der Waals surface area contributed by atoms with Crippen molar-refractivity contribution in [2.24, 2.45) is 5.92 Å². The standard InChI is InChI=1S/C13H18N2O4/c1-4-19-13(16)12(9(2)3)14-10-5-7-11(8-6-10)15(17)18/h5-9,12,14H,4H2,1-3H3. The maximum Gasteiger partial charge on any atom is 0.328 e. The molecule has 0 radical (unpaired) electrons. The Morgan fingerprint density at radius 2 is 1.95 bits per heavy atom. The van der Waals surface area contributed by atoms with E-state index >= 15 is 0 Å². The normalized spacial score (nSPS) is 12.0. The van der Waals surface area contributed by atoms with Crippen LogP contribution in [-0.4, -0.2) is 23.5 Å². The molecule has 0 fully saturated rings. The second-order valence-electron chi connectivity index (χ2n) is 4.42. The van der Waals surface area contributed by atoms with Gasteiger partial charge in [-0.3, -0.25) is 10.1 Å². The van der Waals surface area contributed by atoms with E-state index < -0.39 is 11.0 Å². The first-order chi connectivity index (χ1) is 8.95. The minimum atomic E-state index is -0.471. The summed E-state index contributed by atoms with van der Waals surface area (Å²) in [6.45, 7) is 5.88. The fraction of sp³-hybridized carbons (Fsp3) is 0.462. The monoisotopic (exact) mass is 266 g/mol. The molecule has 1 aromatic carbocycles. The predicted molar refractivity (Wildman–Crippen MR) is 72.0 cm³/mol. The molecule has 0 saturated heterocycles. The Morgan fingerprint density at radius 3 is 2.37 bits per heavy atom. The molecule has 0 spiro atoms. The highest BCUT2D eigenvalue weighted by Gasteiger charge is 2.23. The SMILES string of the molecule is CCOC(=O)C(Nc1ccc([N+](=O)[O-])cc1)C(C)C. The summed E-state index contributed by atoms with van der Waals surface area (Å²) < 4.78 is 4.99. The Hall–Kier alpha value is -2.11. The topological polar surface area (TPSA) is 81.5 Å². The van der Waals surface area contributed by atoms with Crippen LogP contribution in [0.15, 0.2) is 24.3 Å². The summed E-state index contributed by atoms with van der Waals surface area (Å²) in [5.41, 5.74) is 0.667. The number of ether oxygens (including phenoxy) is 1. The highest BCUT2D eigenvalue weighted by Crippen LogP contribution is 2.18. The first-order valence-corrected chi connectivity index (χ1v) is 6.13. The van der Waals surface area contributed by atoms with Crippen LogP contribution in [0.1, 0.15) is 20.8 Å².